The number of rotatable bonds is 8. The Morgan fingerprint density at radius 2 is 2.28 bits per heavy atom. The van der Waals surface area contributed by atoms with Crippen LogP contribution in [0.1, 0.15) is 12.1 Å². The first-order chi connectivity index (χ1) is 13.8. The number of carbonyl (C=O) groups excluding carboxylic acids is 2. The second kappa shape index (κ2) is 8.98. The molecule has 1 aromatic rings. The molecular weight excluding hydrogens is 444 g/mol. The quantitative estimate of drug-likeness (QED) is 0.176. The summed E-state index contributed by atoms with van der Waals surface area (Å²) < 4.78 is 0. The lowest BCUT2D eigenvalue weighted by Crippen LogP contribution is -2.71. The van der Waals surface area contributed by atoms with E-state index in [-0.39, 0.29) is 39.6 Å². The zero-order chi connectivity index (χ0) is 21.1. The molecule has 0 aromatic carbocycles. The summed E-state index contributed by atoms with van der Waals surface area (Å²) in [5.74, 6) is -2.35. The maximum absolute atomic E-state index is 12.8. The number of fused-ring (bicyclic) bond motifs is 1. The van der Waals surface area contributed by atoms with Crippen molar-refractivity contribution < 1.29 is 24.3 Å². The van der Waals surface area contributed by atoms with E-state index >= 15 is 0 Å². The zero-order valence-corrected chi connectivity index (χ0v) is 17.2. The first-order valence-corrected chi connectivity index (χ1v) is 10.6. The molecule has 0 saturated carbocycles. The molecule has 3 heterocycles. The molecule has 6 N–H and O–H groups in total. The number of hydrogen-bond donors (Lipinski definition) is 4. The van der Waals surface area contributed by atoms with E-state index in [2.05, 4.69) is 15.5 Å². The third-order valence-electron chi connectivity index (χ3n) is 3.99. The number of thiazole rings is 1. The number of hydrogen-bond acceptors (Lipinski definition) is 10. The fraction of sp³-hybridized carbons (Fsp3) is 0.400. The standard InChI is InChI=1S/C15H17ClN6O5S2/c16-6-4-28-13-9(12(24)22(13)10(6)14(25)26)20-11(23)8(21-27-3-1-2-17)7-5-29-15(18)19-7/h5,9,13H,1-4,17H2,(H2,18,19)(H,20,23)(H,25,26)/t9?,13-/m1/s1. The largest absolute Gasteiger partial charge is 0.477 e. The highest BCUT2D eigenvalue weighted by molar-refractivity contribution is 8.00. The summed E-state index contributed by atoms with van der Waals surface area (Å²) in [6.07, 6.45) is 0.539. The Kier molecular flexibility index (Phi) is 6.62. The summed E-state index contributed by atoms with van der Waals surface area (Å²) in [5, 5.41) is 17.0. The topological polar surface area (TPSA) is 173 Å². The molecule has 0 bridgehead atoms. The van der Waals surface area contributed by atoms with E-state index in [4.69, 9.17) is 27.9 Å². The van der Waals surface area contributed by atoms with Crippen molar-refractivity contribution in [3.63, 3.8) is 0 Å². The van der Waals surface area contributed by atoms with Crippen LogP contribution in [0.25, 0.3) is 0 Å². The molecule has 156 valence electrons. The van der Waals surface area contributed by atoms with Crippen LogP contribution in [0, 0.1) is 0 Å². The lowest BCUT2D eigenvalue weighted by Gasteiger charge is -2.48. The van der Waals surface area contributed by atoms with E-state index < -0.39 is 29.2 Å². The van der Waals surface area contributed by atoms with Gasteiger partial charge in [0.25, 0.3) is 11.8 Å². The Labute approximate surface area is 178 Å². The van der Waals surface area contributed by atoms with Gasteiger partial charge in [-0.25, -0.2) is 9.78 Å². The second-order valence-electron chi connectivity index (χ2n) is 5.91. The van der Waals surface area contributed by atoms with Gasteiger partial charge in [0.05, 0.1) is 5.03 Å². The van der Waals surface area contributed by atoms with Crippen molar-refractivity contribution in [2.75, 3.05) is 24.6 Å². The van der Waals surface area contributed by atoms with E-state index in [0.717, 1.165) is 16.2 Å². The smallest absolute Gasteiger partial charge is 0.353 e. The number of carboxylic acid groups (broad SMARTS) is 1. The van der Waals surface area contributed by atoms with Crippen LogP contribution >= 0.6 is 34.7 Å². The minimum absolute atomic E-state index is 0.0744. The third-order valence-corrected chi connectivity index (χ3v) is 6.41. The van der Waals surface area contributed by atoms with Crippen LogP contribution in [0.15, 0.2) is 21.3 Å². The number of nitrogens with zero attached hydrogens (tertiary/aromatic N) is 3. The Hall–Kier alpha value is -2.35. The van der Waals surface area contributed by atoms with Gasteiger partial charge in [-0.2, -0.15) is 0 Å². The van der Waals surface area contributed by atoms with Gasteiger partial charge in [0.1, 0.15) is 29.4 Å². The van der Waals surface area contributed by atoms with E-state index in [0.29, 0.717) is 13.0 Å². The van der Waals surface area contributed by atoms with Crippen LogP contribution < -0.4 is 16.8 Å². The number of carboxylic acids is 1. The number of anilines is 1. The normalized spacial score (nSPS) is 21.5. The highest BCUT2D eigenvalue weighted by Gasteiger charge is 2.54. The summed E-state index contributed by atoms with van der Waals surface area (Å²) in [4.78, 5) is 46.9. The van der Waals surface area contributed by atoms with Crippen molar-refractivity contribution in [2.45, 2.75) is 17.8 Å². The first kappa shape index (κ1) is 21.4. The maximum Gasteiger partial charge on any atom is 0.353 e. The van der Waals surface area contributed by atoms with Gasteiger partial charge in [0, 0.05) is 11.1 Å². The predicted octanol–water partition coefficient (Wildman–Crippen LogP) is -0.270. The van der Waals surface area contributed by atoms with Gasteiger partial charge in [0.2, 0.25) is 0 Å². The van der Waals surface area contributed by atoms with Gasteiger partial charge >= 0.3 is 5.97 Å². The van der Waals surface area contributed by atoms with Gasteiger partial charge in [-0.05, 0) is 13.0 Å². The molecule has 1 fully saturated rings. The van der Waals surface area contributed by atoms with Crippen molar-refractivity contribution in [1.29, 1.82) is 0 Å². The molecule has 2 aliphatic rings. The SMILES string of the molecule is NCCCON=C(C(=O)NC1C(=O)N2C(C(=O)O)=C(Cl)CS[C@H]12)c1csc(N)n1. The number of nitrogens with two attached hydrogens (primary N) is 2. The summed E-state index contributed by atoms with van der Waals surface area (Å²) >= 11 is 8.31. The monoisotopic (exact) mass is 460 g/mol. The Bertz CT molecular complexity index is 904. The Morgan fingerprint density at radius 3 is 2.90 bits per heavy atom. The van der Waals surface area contributed by atoms with Crippen molar-refractivity contribution in [2.24, 2.45) is 10.9 Å². The summed E-state index contributed by atoms with van der Waals surface area (Å²) in [6, 6.07) is -0.933. The second-order valence-corrected chi connectivity index (χ2v) is 8.36. The number of nitrogen functional groups attached to an aromatic ring is 1. The molecule has 2 amide bonds. The number of carbonyl (C=O) groups is 3. The molecule has 3 rings (SSSR count). The van der Waals surface area contributed by atoms with Crippen LogP contribution in [-0.2, 0) is 19.2 Å². The number of β-lactam (4-membered cyclic amide) rings is 1. The molecule has 2 aliphatic heterocycles. The molecule has 1 aromatic heterocycles. The van der Waals surface area contributed by atoms with Crippen molar-refractivity contribution >= 4 is 63.3 Å². The molecular formula is C15H17ClN6O5S2. The molecule has 0 spiro atoms. The molecule has 1 unspecified atom stereocenters. The average Bonchev–Trinajstić information content (AvgIpc) is 3.11. The van der Waals surface area contributed by atoms with Gasteiger partial charge in [-0.15, -0.1) is 23.1 Å². The number of nitrogens with one attached hydrogen (secondary N) is 1. The maximum atomic E-state index is 12.8. The van der Waals surface area contributed by atoms with E-state index in [1.807, 2.05) is 0 Å². The molecule has 14 heteroatoms. The molecule has 0 aliphatic carbocycles. The van der Waals surface area contributed by atoms with Crippen LogP contribution in [0.5, 0.6) is 0 Å². The lowest BCUT2D eigenvalue weighted by molar-refractivity contribution is -0.150. The minimum Gasteiger partial charge on any atom is -0.477 e. The third kappa shape index (κ3) is 4.32. The number of aromatic nitrogens is 1. The van der Waals surface area contributed by atoms with Gasteiger partial charge < -0.3 is 26.7 Å². The average molecular weight is 461 g/mol. The highest BCUT2D eigenvalue weighted by atomic mass is 35.5. The van der Waals surface area contributed by atoms with Gasteiger partial charge in [-0.3, -0.25) is 14.5 Å². The van der Waals surface area contributed by atoms with E-state index in [1.165, 1.54) is 17.1 Å². The van der Waals surface area contributed by atoms with E-state index in [1.54, 1.807) is 0 Å². The van der Waals surface area contributed by atoms with Crippen molar-refractivity contribution in [1.82, 2.24) is 15.2 Å². The summed E-state index contributed by atoms with van der Waals surface area (Å²) in [6.45, 7) is 0.598. The number of aliphatic carboxylic acids is 1. The molecule has 2 atom stereocenters. The fourth-order valence-electron chi connectivity index (χ4n) is 2.65. The summed E-state index contributed by atoms with van der Waals surface area (Å²) in [7, 11) is 0. The molecule has 29 heavy (non-hydrogen) atoms. The lowest BCUT2D eigenvalue weighted by atomic mass is 10.0. The predicted molar refractivity (Wildman–Crippen MR) is 108 cm³/mol. The van der Waals surface area contributed by atoms with Crippen LogP contribution in [-0.4, -0.2) is 68.8 Å². The zero-order valence-electron chi connectivity index (χ0n) is 14.8. The minimum atomic E-state index is -1.30. The molecule has 11 nitrogen and oxygen atoms in total. The highest BCUT2D eigenvalue weighted by Crippen LogP contribution is 2.41. The fourth-order valence-corrected chi connectivity index (χ4v) is 4.75. The van der Waals surface area contributed by atoms with Crippen molar-refractivity contribution in [3.8, 4) is 0 Å². The number of oxime groups is 1. The number of thioether (sulfide) groups is 1. The Morgan fingerprint density at radius 1 is 1.52 bits per heavy atom. The van der Waals surface area contributed by atoms with Crippen LogP contribution in [0.4, 0.5) is 5.13 Å². The first-order valence-electron chi connectivity index (χ1n) is 8.34. The molecule has 1 saturated heterocycles. The summed E-state index contributed by atoms with van der Waals surface area (Å²) in [5.41, 5.74) is 10.8. The van der Waals surface area contributed by atoms with E-state index in [9.17, 15) is 19.5 Å². The number of halogens is 1. The van der Waals surface area contributed by atoms with Gasteiger partial charge in [0.15, 0.2) is 10.8 Å². The number of amides is 2. The van der Waals surface area contributed by atoms with Crippen LogP contribution in [0.3, 0.4) is 0 Å². The van der Waals surface area contributed by atoms with Crippen LogP contribution in [0.2, 0.25) is 0 Å². The van der Waals surface area contributed by atoms with Gasteiger partial charge in [-0.1, -0.05) is 16.8 Å². The molecule has 0 radical (unpaired) electrons. The van der Waals surface area contributed by atoms with Crippen molar-refractivity contribution in [3.05, 3.63) is 21.8 Å². The Balaban J connectivity index is 1.75.